The smallest absolute Gasteiger partial charge is 0.212 e. The van der Waals surface area contributed by atoms with Gasteiger partial charge in [0.05, 0.1) is 14.1 Å². The number of quaternary nitrogens is 1. The van der Waals surface area contributed by atoms with E-state index in [1.807, 2.05) is 21.0 Å². The molecular weight excluding hydrogens is 202 g/mol. The van der Waals surface area contributed by atoms with Crippen LogP contribution in [-0.2, 0) is 9.53 Å². The molecule has 0 N–H and O–H groups in total. The summed E-state index contributed by atoms with van der Waals surface area (Å²) >= 11 is 0. The van der Waals surface area contributed by atoms with Gasteiger partial charge in [0.2, 0.25) is 5.78 Å². The second kappa shape index (κ2) is 6.17. The Bertz CT molecular complexity index is 214. The predicted molar refractivity (Wildman–Crippen MR) is 53.3 cm³/mol. The molecule has 0 aromatic carbocycles. The molecule has 1 atom stereocenters. The van der Waals surface area contributed by atoms with E-state index in [1.165, 1.54) is 0 Å². The van der Waals surface area contributed by atoms with Crippen LogP contribution >= 0.6 is 0 Å². The third-order valence-electron chi connectivity index (χ3n) is 2.35. The fourth-order valence-electron chi connectivity index (χ4n) is 0.919. The summed E-state index contributed by atoms with van der Waals surface area (Å²) in [6.07, 6.45) is 0.0169. The SMILES string of the molecule is C=C(C)C(=O)C[N+](C)(C)C(C)OC.[Cl-]. The minimum atomic E-state index is 0. The number of hydrogen-bond donors (Lipinski definition) is 0. The van der Waals surface area contributed by atoms with Crippen molar-refractivity contribution in [1.29, 1.82) is 0 Å². The van der Waals surface area contributed by atoms with Crippen molar-refractivity contribution < 1.29 is 26.4 Å². The van der Waals surface area contributed by atoms with E-state index in [4.69, 9.17) is 4.74 Å². The van der Waals surface area contributed by atoms with Crippen LogP contribution in [0.3, 0.4) is 0 Å². The number of halogens is 1. The monoisotopic (exact) mass is 221 g/mol. The van der Waals surface area contributed by atoms with E-state index < -0.39 is 0 Å². The quantitative estimate of drug-likeness (QED) is 0.311. The van der Waals surface area contributed by atoms with Crippen LogP contribution in [0.15, 0.2) is 12.2 Å². The standard InChI is InChI=1S/C10H20NO2.ClH/c1-8(2)10(12)7-11(4,5)9(3)13-6;/h9H,1,7H2,2-6H3;1H/q+1;/p-1. The molecule has 4 heteroatoms. The number of Topliss-reactive ketones (excluding diaryl/α,β-unsaturated/α-hetero) is 1. The summed E-state index contributed by atoms with van der Waals surface area (Å²) in [5.74, 6) is 0.0916. The molecule has 0 heterocycles. The minimum Gasteiger partial charge on any atom is -1.00 e. The first kappa shape index (κ1) is 16.1. The molecule has 0 aromatic rings. The second-order valence-electron chi connectivity index (χ2n) is 3.98. The molecule has 14 heavy (non-hydrogen) atoms. The van der Waals surface area contributed by atoms with E-state index >= 15 is 0 Å². The van der Waals surface area contributed by atoms with Crippen molar-refractivity contribution >= 4 is 5.78 Å². The van der Waals surface area contributed by atoms with Crippen LogP contribution in [0.1, 0.15) is 13.8 Å². The largest absolute Gasteiger partial charge is 1.00 e. The first-order valence-corrected chi connectivity index (χ1v) is 4.35. The maximum Gasteiger partial charge on any atom is 0.212 e. The van der Waals surface area contributed by atoms with Crippen LogP contribution in [0, 0.1) is 0 Å². The molecule has 0 radical (unpaired) electrons. The average molecular weight is 222 g/mol. The molecular formula is C10H20ClNO2. The van der Waals surface area contributed by atoms with Crippen LogP contribution in [-0.4, -0.2) is 44.2 Å². The lowest BCUT2D eigenvalue weighted by Crippen LogP contribution is -3.00. The van der Waals surface area contributed by atoms with Crippen molar-refractivity contribution in [2.45, 2.75) is 20.1 Å². The topological polar surface area (TPSA) is 26.3 Å². The molecule has 0 aromatic heterocycles. The molecule has 0 saturated heterocycles. The second-order valence-corrected chi connectivity index (χ2v) is 3.98. The van der Waals surface area contributed by atoms with Gasteiger partial charge in [-0.05, 0) is 12.5 Å². The molecule has 0 aliphatic carbocycles. The molecule has 0 fully saturated rings. The molecule has 0 spiro atoms. The van der Waals surface area contributed by atoms with Crippen molar-refractivity contribution in [3.8, 4) is 0 Å². The fraction of sp³-hybridized carbons (Fsp3) is 0.700. The van der Waals surface area contributed by atoms with Gasteiger partial charge in [0.1, 0.15) is 6.54 Å². The zero-order valence-electron chi connectivity index (χ0n) is 9.63. The Kier molecular flexibility index (Phi) is 7.08. The van der Waals surface area contributed by atoms with Gasteiger partial charge in [0.15, 0.2) is 6.23 Å². The highest BCUT2D eigenvalue weighted by Gasteiger charge is 2.26. The van der Waals surface area contributed by atoms with Crippen molar-refractivity contribution in [1.82, 2.24) is 0 Å². The molecule has 0 bridgehead atoms. The van der Waals surface area contributed by atoms with Gasteiger partial charge in [-0.1, -0.05) is 6.58 Å². The van der Waals surface area contributed by atoms with Crippen molar-refractivity contribution in [3.05, 3.63) is 12.2 Å². The summed E-state index contributed by atoms with van der Waals surface area (Å²) in [6, 6.07) is 0. The van der Waals surface area contributed by atoms with Gasteiger partial charge in [-0.25, -0.2) is 0 Å². The molecule has 0 aliphatic rings. The van der Waals surface area contributed by atoms with Gasteiger partial charge in [-0.15, -0.1) is 0 Å². The van der Waals surface area contributed by atoms with Crippen molar-refractivity contribution in [2.24, 2.45) is 0 Å². The number of rotatable bonds is 5. The van der Waals surface area contributed by atoms with Crippen LogP contribution in [0.2, 0.25) is 0 Å². The summed E-state index contributed by atoms with van der Waals surface area (Å²) in [5, 5.41) is 0. The van der Waals surface area contributed by atoms with E-state index in [9.17, 15) is 4.79 Å². The Labute approximate surface area is 92.7 Å². The van der Waals surface area contributed by atoms with Crippen LogP contribution in [0.4, 0.5) is 0 Å². The molecule has 84 valence electrons. The fourth-order valence-corrected chi connectivity index (χ4v) is 0.919. The summed E-state index contributed by atoms with van der Waals surface area (Å²) in [7, 11) is 5.58. The minimum absolute atomic E-state index is 0. The lowest BCUT2D eigenvalue weighted by atomic mass is 10.2. The van der Waals surface area contributed by atoms with Crippen LogP contribution < -0.4 is 12.4 Å². The number of carbonyl (C=O) groups excluding carboxylic acids is 1. The highest BCUT2D eigenvalue weighted by Crippen LogP contribution is 2.08. The Balaban J connectivity index is 0. The van der Waals surface area contributed by atoms with E-state index in [-0.39, 0.29) is 24.4 Å². The van der Waals surface area contributed by atoms with E-state index in [2.05, 4.69) is 6.58 Å². The van der Waals surface area contributed by atoms with Crippen LogP contribution in [0.25, 0.3) is 0 Å². The van der Waals surface area contributed by atoms with E-state index in [0.717, 1.165) is 0 Å². The Hall–Kier alpha value is -0.380. The first-order valence-electron chi connectivity index (χ1n) is 4.35. The van der Waals surface area contributed by atoms with Gasteiger partial charge in [-0.3, -0.25) is 9.28 Å². The maximum atomic E-state index is 11.4. The highest BCUT2D eigenvalue weighted by molar-refractivity contribution is 5.95. The van der Waals surface area contributed by atoms with Gasteiger partial charge >= 0.3 is 0 Å². The molecule has 3 nitrogen and oxygen atoms in total. The van der Waals surface area contributed by atoms with Crippen molar-refractivity contribution in [2.75, 3.05) is 27.7 Å². The van der Waals surface area contributed by atoms with Crippen LogP contribution in [0.5, 0.6) is 0 Å². The summed E-state index contributed by atoms with van der Waals surface area (Å²) in [4.78, 5) is 11.4. The maximum absolute atomic E-state index is 11.4. The number of ketones is 1. The van der Waals surface area contributed by atoms with E-state index in [0.29, 0.717) is 16.6 Å². The average Bonchev–Trinajstić information content (AvgIpc) is 2.01. The number of carbonyl (C=O) groups is 1. The summed E-state index contributed by atoms with van der Waals surface area (Å²) < 4.78 is 5.72. The van der Waals surface area contributed by atoms with E-state index in [1.54, 1.807) is 14.0 Å². The lowest BCUT2D eigenvalue weighted by molar-refractivity contribution is -0.927. The highest BCUT2D eigenvalue weighted by atomic mass is 35.5. The Morgan fingerprint density at radius 3 is 2.21 bits per heavy atom. The summed E-state index contributed by atoms with van der Waals surface area (Å²) in [6.45, 7) is 7.74. The lowest BCUT2D eigenvalue weighted by Gasteiger charge is -2.34. The number of ether oxygens (including phenoxy) is 1. The number of methoxy groups -OCH3 is 1. The van der Waals surface area contributed by atoms with Gasteiger partial charge < -0.3 is 17.1 Å². The molecule has 0 amide bonds. The summed E-state index contributed by atoms with van der Waals surface area (Å²) in [5.41, 5.74) is 0.606. The third-order valence-corrected chi connectivity index (χ3v) is 2.35. The van der Waals surface area contributed by atoms with Gasteiger partial charge in [-0.2, -0.15) is 0 Å². The van der Waals surface area contributed by atoms with Gasteiger partial charge in [0.25, 0.3) is 0 Å². The molecule has 1 unspecified atom stereocenters. The molecule has 0 aliphatic heterocycles. The van der Waals surface area contributed by atoms with Crippen molar-refractivity contribution in [3.63, 3.8) is 0 Å². The number of likely N-dealkylation sites (N-methyl/N-ethyl adjacent to an activating group) is 1. The third kappa shape index (κ3) is 4.74. The normalized spacial score (nSPS) is 12.9. The zero-order valence-corrected chi connectivity index (χ0v) is 10.4. The zero-order chi connectivity index (χ0) is 10.6. The van der Waals surface area contributed by atoms with Gasteiger partial charge in [0, 0.05) is 14.0 Å². The molecule has 0 saturated carbocycles. The Morgan fingerprint density at radius 2 is 1.93 bits per heavy atom. The number of nitrogens with zero attached hydrogens (tertiary/aromatic N) is 1. The Morgan fingerprint density at radius 1 is 1.50 bits per heavy atom. The number of hydrogen-bond acceptors (Lipinski definition) is 2. The first-order chi connectivity index (χ1) is 5.81. The molecule has 0 rings (SSSR count). The predicted octanol–water partition coefficient (Wildman–Crippen LogP) is -1.80.